The predicted octanol–water partition coefficient (Wildman–Crippen LogP) is 1.77. The van der Waals surface area contributed by atoms with Gasteiger partial charge in [0.05, 0.1) is 12.0 Å². The fourth-order valence-electron chi connectivity index (χ4n) is 2.75. The lowest BCUT2D eigenvalue weighted by molar-refractivity contribution is -0.151. The molecule has 19 heavy (non-hydrogen) atoms. The number of hydrogen-bond donors (Lipinski definition) is 1. The number of carboxylic acids is 1. The van der Waals surface area contributed by atoms with E-state index in [1.54, 1.807) is 17.3 Å². The topological polar surface area (TPSA) is 70.5 Å². The first-order valence-corrected chi connectivity index (χ1v) is 6.49. The van der Waals surface area contributed by atoms with Crippen molar-refractivity contribution in [1.29, 1.82) is 0 Å². The number of hydrogen-bond acceptors (Lipinski definition) is 3. The van der Waals surface area contributed by atoms with Crippen LogP contribution in [-0.2, 0) is 9.59 Å². The Kier molecular flexibility index (Phi) is 3.83. The minimum absolute atomic E-state index is 0.0215. The molecule has 1 aromatic heterocycles. The minimum atomic E-state index is -0.848. The van der Waals surface area contributed by atoms with E-state index >= 15 is 0 Å². The number of carbonyl (C=O) groups excluding carboxylic acids is 1. The second-order valence-corrected chi connectivity index (χ2v) is 4.84. The summed E-state index contributed by atoms with van der Waals surface area (Å²) in [7, 11) is 0. The highest BCUT2D eigenvalue weighted by molar-refractivity contribution is 5.81. The summed E-state index contributed by atoms with van der Waals surface area (Å²) in [6.07, 6.45) is 4.05. The van der Waals surface area contributed by atoms with Crippen molar-refractivity contribution in [2.45, 2.75) is 32.7 Å². The van der Waals surface area contributed by atoms with Crippen molar-refractivity contribution in [3.8, 4) is 0 Å². The van der Waals surface area contributed by atoms with E-state index in [0.29, 0.717) is 19.4 Å². The molecule has 0 saturated carbocycles. The zero-order chi connectivity index (χ0) is 14.0. The van der Waals surface area contributed by atoms with Gasteiger partial charge in [-0.2, -0.15) is 0 Å². The lowest BCUT2D eigenvalue weighted by Crippen LogP contribution is -2.45. The predicted molar refractivity (Wildman–Crippen MR) is 69.5 cm³/mol. The van der Waals surface area contributed by atoms with Crippen LogP contribution < -0.4 is 0 Å². The maximum absolute atomic E-state index is 12.0. The zero-order valence-electron chi connectivity index (χ0n) is 11.2. The fraction of sp³-hybridized carbons (Fsp3) is 0.500. The number of carbonyl (C=O) groups is 2. The van der Waals surface area contributed by atoms with Crippen LogP contribution in [0.5, 0.6) is 0 Å². The van der Waals surface area contributed by atoms with Crippen LogP contribution in [0.25, 0.3) is 0 Å². The number of aryl methyl sites for hydroxylation is 1. The molecule has 1 aliphatic rings. The number of likely N-dealkylation sites (tertiary alicyclic amines) is 1. The van der Waals surface area contributed by atoms with Crippen LogP contribution in [0.15, 0.2) is 18.5 Å². The second kappa shape index (κ2) is 5.38. The maximum Gasteiger partial charge on any atom is 0.308 e. The fourth-order valence-corrected chi connectivity index (χ4v) is 2.75. The molecule has 1 N–H and O–H groups in total. The van der Waals surface area contributed by atoms with Gasteiger partial charge in [-0.15, -0.1) is 0 Å². The Labute approximate surface area is 112 Å². The van der Waals surface area contributed by atoms with Gasteiger partial charge in [-0.1, -0.05) is 0 Å². The van der Waals surface area contributed by atoms with Crippen molar-refractivity contribution in [3.05, 3.63) is 29.6 Å². The third-order valence-electron chi connectivity index (χ3n) is 3.76. The molecule has 1 fully saturated rings. The molecule has 1 saturated heterocycles. The second-order valence-electron chi connectivity index (χ2n) is 4.84. The van der Waals surface area contributed by atoms with Gasteiger partial charge >= 0.3 is 5.97 Å². The number of amides is 1. The Morgan fingerprint density at radius 3 is 2.89 bits per heavy atom. The molecule has 1 aliphatic heterocycles. The van der Waals surface area contributed by atoms with E-state index in [1.807, 2.05) is 19.9 Å². The largest absolute Gasteiger partial charge is 0.481 e. The molecule has 5 nitrogen and oxygen atoms in total. The van der Waals surface area contributed by atoms with Crippen LogP contribution in [-0.4, -0.2) is 33.4 Å². The zero-order valence-corrected chi connectivity index (χ0v) is 11.2. The molecule has 0 spiro atoms. The number of carboxylic acid groups (broad SMARTS) is 1. The van der Waals surface area contributed by atoms with Crippen molar-refractivity contribution in [1.82, 2.24) is 9.88 Å². The maximum atomic E-state index is 12.0. The van der Waals surface area contributed by atoms with Gasteiger partial charge in [-0.05, 0) is 37.5 Å². The molecule has 5 heteroatoms. The van der Waals surface area contributed by atoms with E-state index in [9.17, 15) is 14.7 Å². The van der Waals surface area contributed by atoms with Crippen molar-refractivity contribution in [3.63, 3.8) is 0 Å². The first kappa shape index (κ1) is 13.5. The summed E-state index contributed by atoms with van der Waals surface area (Å²) in [6.45, 7) is 4.31. The van der Waals surface area contributed by atoms with Crippen LogP contribution in [0.4, 0.5) is 0 Å². The lowest BCUT2D eigenvalue weighted by atomic mass is 9.83. The Balaban J connectivity index is 2.47. The van der Waals surface area contributed by atoms with Gasteiger partial charge in [-0.25, -0.2) is 0 Å². The van der Waals surface area contributed by atoms with Gasteiger partial charge < -0.3 is 10.0 Å². The lowest BCUT2D eigenvalue weighted by Gasteiger charge is -2.39. The van der Waals surface area contributed by atoms with E-state index in [1.165, 1.54) is 0 Å². The van der Waals surface area contributed by atoms with E-state index in [0.717, 1.165) is 11.1 Å². The molecule has 0 radical (unpaired) electrons. The number of aromatic nitrogens is 1. The summed E-state index contributed by atoms with van der Waals surface area (Å²) in [5.74, 6) is -1.38. The molecule has 1 amide bonds. The van der Waals surface area contributed by atoms with E-state index < -0.39 is 17.9 Å². The Morgan fingerprint density at radius 1 is 1.58 bits per heavy atom. The van der Waals surface area contributed by atoms with Gasteiger partial charge in [0.15, 0.2) is 0 Å². The summed E-state index contributed by atoms with van der Waals surface area (Å²) >= 11 is 0. The van der Waals surface area contributed by atoms with Gasteiger partial charge in [0.2, 0.25) is 5.91 Å². The molecule has 1 aromatic rings. The first-order chi connectivity index (χ1) is 9.06. The Hall–Kier alpha value is -1.91. The SMILES string of the molecule is CCN1C(=O)CCC(C(=O)O)C1c1cnccc1C. The number of nitrogens with zero attached hydrogens (tertiary/aromatic N) is 2. The summed E-state index contributed by atoms with van der Waals surface area (Å²) < 4.78 is 0. The number of pyridine rings is 1. The molecule has 2 unspecified atom stereocenters. The molecular weight excluding hydrogens is 244 g/mol. The molecule has 0 aromatic carbocycles. The third kappa shape index (κ3) is 2.45. The van der Waals surface area contributed by atoms with E-state index in [2.05, 4.69) is 4.98 Å². The van der Waals surface area contributed by atoms with Crippen LogP contribution in [0.3, 0.4) is 0 Å². The monoisotopic (exact) mass is 262 g/mol. The standard InChI is InChI=1S/C14H18N2O3/c1-3-16-12(17)5-4-10(14(18)19)13(16)11-8-15-7-6-9(11)2/h6-8,10,13H,3-5H2,1-2H3,(H,18,19). The van der Waals surface area contributed by atoms with Crippen LogP contribution in [0.1, 0.15) is 36.9 Å². The highest BCUT2D eigenvalue weighted by Crippen LogP contribution is 2.37. The van der Waals surface area contributed by atoms with Gasteiger partial charge in [0.25, 0.3) is 0 Å². The third-order valence-corrected chi connectivity index (χ3v) is 3.76. The molecule has 102 valence electrons. The van der Waals surface area contributed by atoms with Crippen LogP contribution >= 0.6 is 0 Å². The van der Waals surface area contributed by atoms with Crippen molar-refractivity contribution in [2.75, 3.05) is 6.54 Å². The summed E-state index contributed by atoms with van der Waals surface area (Å²) in [6, 6.07) is 1.44. The summed E-state index contributed by atoms with van der Waals surface area (Å²) in [4.78, 5) is 29.2. The van der Waals surface area contributed by atoms with Crippen LogP contribution in [0, 0.1) is 12.8 Å². The van der Waals surface area contributed by atoms with Gasteiger partial charge in [0, 0.05) is 25.4 Å². The normalized spacial score (nSPS) is 23.5. The highest BCUT2D eigenvalue weighted by atomic mass is 16.4. The number of piperidine rings is 1. The van der Waals surface area contributed by atoms with Gasteiger partial charge in [-0.3, -0.25) is 14.6 Å². The quantitative estimate of drug-likeness (QED) is 0.901. The molecule has 2 atom stereocenters. The molecule has 2 heterocycles. The Morgan fingerprint density at radius 2 is 2.32 bits per heavy atom. The van der Waals surface area contributed by atoms with Gasteiger partial charge in [0.1, 0.15) is 0 Å². The molecule has 2 rings (SSSR count). The average molecular weight is 262 g/mol. The van der Waals surface area contributed by atoms with Crippen LogP contribution in [0.2, 0.25) is 0 Å². The first-order valence-electron chi connectivity index (χ1n) is 6.49. The van der Waals surface area contributed by atoms with E-state index in [4.69, 9.17) is 0 Å². The van der Waals surface area contributed by atoms with E-state index in [-0.39, 0.29) is 5.91 Å². The molecule has 0 bridgehead atoms. The number of aliphatic carboxylic acids is 1. The smallest absolute Gasteiger partial charge is 0.308 e. The molecular formula is C14H18N2O3. The highest BCUT2D eigenvalue weighted by Gasteiger charge is 2.40. The molecule has 0 aliphatic carbocycles. The van der Waals surface area contributed by atoms with Crippen molar-refractivity contribution >= 4 is 11.9 Å². The summed E-state index contributed by atoms with van der Waals surface area (Å²) in [5.41, 5.74) is 1.81. The Bertz CT molecular complexity index is 499. The summed E-state index contributed by atoms with van der Waals surface area (Å²) in [5, 5.41) is 9.40. The average Bonchev–Trinajstić information content (AvgIpc) is 2.38. The minimum Gasteiger partial charge on any atom is -0.481 e. The number of rotatable bonds is 3. The van der Waals surface area contributed by atoms with Crippen molar-refractivity contribution in [2.24, 2.45) is 5.92 Å². The van der Waals surface area contributed by atoms with Crippen molar-refractivity contribution < 1.29 is 14.7 Å².